The van der Waals surface area contributed by atoms with Gasteiger partial charge in [-0.15, -0.1) is 0 Å². The average molecular weight is 429 g/mol. The highest BCUT2D eigenvalue weighted by atomic mass is 19.1. The normalized spacial score (nSPS) is 11.6. The number of aryl methyl sites for hydroxylation is 2. The first-order valence-electron chi connectivity index (χ1n) is 10.9. The number of nitrogens with zero attached hydrogens (tertiary/aromatic N) is 1. The lowest BCUT2D eigenvalue weighted by atomic mass is 10.1. The summed E-state index contributed by atoms with van der Waals surface area (Å²) < 4.78 is 19.0. The van der Waals surface area contributed by atoms with Gasteiger partial charge in [-0.05, 0) is 67.6 Å². The van der Waals surface area contributed by atoms with Crippen molar-refractivity contribution >= 4 is 11.8 Å². The van der Waals surface area contributed by atoms with E-state index in [0.29, 0.717) is 18.7 Å². The molecule has 0 saturated carbocycles. The number of nitrogens with one attached hydrogen (secondary N) is 1. The van der Waals surface area contributed by atoms with E-state index in [9.17, 15) is 14.0 Å². The third kappa shape index (κ3) is 7.39. The zero-order chi connectivity index (χ0) is 22.8. The van der Waals surface area contributed by atoms with Crippen LogP contribution in [-0.4, -0.2) is 35.9 Å². The number of benzene rings is 2. The molecule has 6 heteroatoms. The molecule has 0 saturated heterocycles. The van der Waals surface area contributed by atoms with Crippen molar-refractivity contribution in [2.24, 2.45) is 0 Å². The molecule has 0 spiro atoms. The second kappa shape index (κ2) is 12.1. The number of halogens is 1. The Kier molecular flexibility index (Phi) is 9.50. The Hall–Kier alpha value is -2.89. The first kappa shape index (κ1) is 24.4. The number of carbonyl (C=O) groups is 2. The minimum absolute atomic E-state index is 0.178. The largest absolute Gasteiger partial charge is 0.484 e. The molecule has 0 radical (unpaired) electrons. The average Bonchev–Trinajstić information content (AvgIpc) is 2.75. The Balaban J connectivity index is 2.17. The van der Waals surface area contributed by atoms with E-state index in [1.165, 1.54) is 17.0 Å². The zero-order valence-electron chi connectivity index (χ0n) is 18.9. The van der Waals surface area contributed by atoms with E-state index in [2.05, 4.69) is 12.2 Å². The lowest BCUT2D eigenvalue weighted by Crippen LogP contribution is -2.50. The fourth-order valence-corrected chi connectivity index (χ4v) is 3.24. The number of amides is 2. The maximum absolute atomic E-state index is 13.3. The van der Waals surface area contributed by atoms with Crippen LogP contribution >= 0.6 is 0 Å². The van der Waals surface area contributed by atoms with Crippen LogP contribution in [0.15, 0.2) is 42.5 Å². The molecule has 2 aromatic rings. The van der Waals surface area contributed by atoms with Crippen LogP contribution in [0.1, 0.15) is 49.8 Å². The van der Waals surface area contributed by atoms with E-state index in [4.69, 9.17) is 4.74 Å². The lowest BCUT2D eigenvalue weighted by molar-refractivity contribution is -0.143. The topological polar surface area (TPSA) is 58.6 Å². The summed E-state index contributed by atoms with van der Waals surface area (Å²) in [4.78, 5) is 27.4. The number of hydrogen-bond donors (Lipinski definition) is 1. The van der Waals surface area contributed by atoms with Crippen LogP contribution in [0.5, 0.6) is 5.75 Å². The molecule has 0 bridgehead atoms. The molecule has 2 rings (SSSR count). The van der Waals surface area contributed by atoms with Gasteiger partial charge >= 0.3 is 0 Å². The van der Waals surface area contributed by atoms with Gasteiger partial charge in [-0.3, -0.25) is 9.59 Å². The predicted molar refractivity (Wildman–Crippen MR) is 120 cm³/mol. The van der Waals surface area contributed by atoms with Crippen molar-refractivity contribution in [3.8, 4) is 5.75 Å². The van der Waals surface area contributed by atoms with Gasteiger partial charge in [0.2, 0.25) is 5.91 Å². The van der Waals surface area contributed by atoms with Gasteiger partial charge in [0.15, 0.2) is 6.61 Å². The van der Waals surface area contributed by atoms with Crippen molar-refractivity contribution < 1.29 is 18.7 Å². The van der Waals surface area contributed by atoms with Crippen LogP contribution in [0.2, 0.25) is 0 Å². The SMILES string of the molecule is CCCCNC(=O)[C@@H](CC)N(Cc1ccc(F)cc1)C(=O)COc1ccc(C)c(C)c1. The first-order chi connectivity index (χ1) is 14.8. The summed E-state index contributed by atoms with van der Waals surface area (Å²) >= 11 is 0. The van der Waals surface area contributed by atoms with Gasteiger partial charge in [0.25, 0.3) is 5.91 Å². The fraction of sp³-hybridized carbons (Fsp3) is 0.440. The monoisotopic (exact) mass is 428 g/mol. The molecule has 1 atom stereocenters. The number of carbonyl (C=O) groups excluding carboxylic acids is 2. The van der Waals surface area contributed by atoms with Gasteiger partial charge in [-0.25, -0.2) is 4.39 Å². The smallest absolute Gasteiger partial charge is 0.261 e. The Morgan fingerprint density at radius 2 is 1.77 bits per heavy atom. The van der Waals surface area contributed by atoms with Crippen LogP contribution in [-0.2, 0) is 16.1 Å². The lowest BCUT2D eigenvalue weighted by Gasteiger charge is -2.30. The molecule has 0 heterocycles. The Morgan fingerprint density at radius 1 is 1.06 bits per heavy atom. The summed E-state index contributed by atoms with van der Waals surface area (Å²) in [6, 6.07) is 11.0. The third-order valence-corrected chi connectivity index (χ3v) is 5.32. The molecular weight excluding hydrogens is 395 g/mol. The summed E-state index contributed by atoms with van der Waals surface area (Å²) in [5, 5.41) is 2.92. The molecule has 168 valence electrons. The molecule has 5 nitrogen and oxygen atoms in total. The summed E-state index contributed by atoms with van der Waals surface area (Å²) in [5.74, 6) is -0.208. The molecule has 2 aromatic carbocycles. The van der Waals surface area contributed by atoms with Crippen molar-refractivity contribution in [1.29, 1.82) is 0 Å². The second-order valence-corrected chi connectivity index (χ2v) is 7.75. The Morgan fingerprint density at radius 3 is 2.39 bits per heavy atom. The van der Waals surface area contributed by atoms with Gasteiger partial charge in [0, 0.05) is 13.1 Å². The predicted octanol–water partition coefficient (Wildman–Crippen LogP) is 4.55. The molecule has 0 aliphatic carbocycles. The fourth-order valence-electron chi connectivity index (χ4n) is 3.24. The van der Waals surface area contributed by atoms with Crippen molar-refractivity contribution in [2.45, 2.75) is 59.5 Å². The molecule has 0 unspecified atom stereocenters. The molecule has 31 heavy (non-hydrogen) atoms. The van der Waals surface area contributed by atoms with Gasteiger partial charge < -0.3 is 15.0 Å². The molecule has 0 aromatic heterocycles. The van der Waals surface area contributed by atoms with Gasteiger partial charge in [-0.1, -0.05) is 38.5 Å². The highest BCUT2D eigenvalue weighted by Gasteiger charge is 2.28. The highest BCUT2D eigenvalue weighted by molar-refractivity contribution is 5.88. The van der Waals surface area contributed by atoms with E-state index in [0.717, 1.165) is 29.5 Å². The number of ether oxygens (including phenoxy) is 1. The van der Waals surface area contributed by atoms with Gasteiger partial charge in [0.05, 0.1) is 0 Å². The maximum Gasteiger partial charge on any atom is 0.261 e. The minimum atomic E-state index is -0.627. The zero-order valence-corrected chi connectivity index (χ0v) is 18.9. The van der Waals surface area contributed by atoms with Gasteiger partial charge in [0.1, 0.15) is 17.6 Å². The first-order valence-corrected chi connectivity index (χ1v) is 10.9. The molecule has 2 amide bonds. The molecular formula is C25H33FN2O3. The molecule has 1 N–H and O–H groups in total. The summed E-state index contributed by atoms with van der Waals surface area (Å²) in [6.07, 6.45) is 2.32. The summed E-state index contributed by atoms with van der Waals surface area (Å²) in [6.45, 7) is 8.52. The van der Waals surface area contributed by atoms with E-state index in [1.54, 1.807) is 12.1 Å². The van der Waals surface area contributed by atoms with E-state index < -0.39 is 6.04 Å². The quantitative estimate of drug-likeness (QED) is 0.535. The maximum atomic E-state index is 13.3. The van der Waals surface area contributed by atoms with Crippen LogP contribution < -0.4 is 10.1 Å². The third-order valence-electron chi connectivity index (χ3n) is 5.32. The van der Waals surface area contributed by atoms with E-state index in [1.807, 2.05) is 39.0 Å². The van der Waals surface area contributed by atoms with E-state index >= 15 is 0 Å². The number of hydrogen-bond acceptors (Lipinski definition) is 3. The number of rotatable bonds is 11. The Bertz CT molecular complexity index is 868. The Labute approximate surface area is 184 Å². The number of unbranched alkanes of at least 4 members (excludes halogenated alkanes) is 1. The van der Waals surface area contributed by atoms with Crippen LogP contribution in [0.25, 0.3) is 0 Å². The standard InChI is InChI=1S/C25H33FN2O3/c1-5-7-14-27-25(30)23(6-2)28(16-20-9-11-21(26)12-10-20)24(29)17-31-22-13-8-18(3)19(4)15-22/h8-13,15,23H,5-7,14,16-17H2,1-4H3,(H,27,30)/t23-/m1/s1. The summed E-state index contributed by atoms with van der Waals surface area (Å²) in [5.41, 5.74) is 2.97. The summed E-state index contributed by atoms with van der Waals surface area (Å²) in [7, 11) is 0. The highest BCUT2D eigenvalue weighted by Crippen LogP contribution is 2.18. The van der Waals surface area contributed by atoms with Crippen molar-refractivity contribution in [1.82, 2.24) is 10.2 Å². The van der Waals surface area contributed by atoms with Crippen LogP contribution in [0, 0.1) is 19.7 Å². The second-order valence-electron chi connectivity index (χ2n) is 7.75. The van der Waals surface area contributed by atoms with Crippen LogP contribution in [0.3, 0.4) is 0 Å². The van der Waals surface area contributed by atoms with Gasteiger partial charge in [-0.2, -0.15) is 0 Å². The van der Waals surface area contributed by atoms with Crippen molar-refractivity contribution in [3.05, 3.63) is 65.0 Å². The minimum Gasteiger partial charge on any atom is -0.484 e. The molecule has 0 aliphatic heterocycles. The molecule has 0 fully saturated rings. The molecule has 0 aliphatic rings. The van der Waals surface area contributed by atoms with Crippen molar-refractivity contribution in [2.75, 3.05) is 13.2 Å². The van der Waals surface area contributed by atoms with Crippen molar-refractivity contribution in [3.63, 3.8) is 0 Å². The van der Waals surface area contributed by atoms with E-state index in [-0.39, 0.29) is 30.8 Å². The van der Waals surface area contributed by atoms with Crippen LogP contribution in [0.4, 0.5) is 4.39 Å².